The smallest absolute Gasteiger partial charge is 0.307 e. The average Bonchev–Trinajstić information content (AvgIpc) is 2.69. The zero-order chi connectivity index (χ0) is 19.5. The lowest BCUT2D eigenvalue weighted by atomic mass is 9.84. The number of hydrogen-bond acceptors (Lipinski definition) is 3. The monoisotopic (exact) mass is 405 g/mol. The predicted molar refractivity (Wildman–Crippen MR) is 116 cm³/mol. The third-order valence-corrected chi connectivity index (χ3v) is 5.02. The van der Waals surface area contributed by atoms with Crippen molar-refractivity contribution in [1.82, 2.24) is 4.90 Å². The van der Waals surface area contributed by atoms with Crippen molar-refractivity contribution in [1.29, 1.82) is 0 Å². The Morgan fingerprint density at radius 3 is 2.04 bits per heavy atom. The summed E-state index contributed by atoms with van der Waals surface area (Å²) in [4.78, 5) is 12.6. The summed E-state index contributed by atoms with van der Waals surface area (Å²) in [7, 11) is 0. The SMILES string of the molecule is CCCCN1CCC(O)(c2ccccc2)CC1.Cl.O=C(O)Cc1ccccc1. The number of carbonyl (C=O) groups is 1. The molecule has 5 heteroatoms. The Morgan fingerprint density at radius 1 is 1.00 bits per heavy atom. The maximum Gasteiger partial charge on any atom is 0.307 e. The number of likely N-dealkylation sites (tertiary alicyclic amines) is 1. The van der Waals surface area contributed by atoms with Crippen LogP contribution in [0.15, 0.2) is 60.7 Å². The van der Waals surface area contributed by atoms with E-state index < -0.39 is 11.6 Å². The van der Waals surface area contributed by atoms with Crippen molar-refractivity contribution in [2.45, 2.75) is 44.6 Å². The Bertz CT molecular complexity index is 671. The molecule has 3 rings (SSSR count). The van der Waals surface area contributed by atoms with Crippen molar-refractivity contribution in [3.05, 3.63) is 71.8 Å². The number of benzene rings is 2. The van der Waals surface area contributed by atoms with Crippen LogP contribution in [0.1, 0.15) is 43.7 Å². The number of halogens is 1. The van der Waals surface area contributed by atoms with E-state index in [9.17, 15) is 9.90 Å². The lowest BCUT2D eigenvalue weighted by Crippen LogP contribution is -2.42. The second-order valence-electron chi connectivity index (χ2n) is 7.15. The molecule has 0 atom stereocenters. The van der Waals surface area contributed by atoms with Gasteiger partial charge in [0, 0.05) is 13.1 Å². The molecule has 0 amide bonds. The summed E-state index contributed by atoms with van der Waals surface area (Å²) in [5.41, 5.74) is 1.33. The summed E-state index contributed by atoms with van der Waals surface area (Å²) in [6.07, 6.45) is 4.35. The molecule has 0 bridgehead atoms. The van der Waals surface area contributed by atoms with Crippen LogP contribution < -0.4 is 0 Å². The van der Waals surface area contributed by atoms with Crippen LogP contribution in [-0.2, 0) is 16.8 Å². The maximum absolute atomic E-state index is 10.7. The summed E-state index contributed by atoms with van der Waals surface area (Å²) < 4.78 is 0. The van der Waals surface area contributed by atoms with E-state index in [-0.39, 0.29) is 18.8 Å². The van der Waals surface area contributed by atoms with Crippen molar-refractivity contribution >= 4 is 18.4 Å². The number of piperidine rings is 1. The number of rotatable bonds is 6. The van der Waals surface area contributed by atoms with Crippen LogP contribution in [0.25, 0.3) is 0 Å². The van der Waals surface area contributed by atoms with Gasteiger partial charge in [-0.25, -0.2) is 0 Å². The highest BCUT2D eigenvalue weighted by atomic mass is 35.5. The Kier molecular flexibility index (Phi) is 10.8. The molecule has 0 spiro atoms. The molecule has 0 saturated carbocycles. The van der Waals surface area contributed by atoms with Crippen LogP contribution >= 0.6 is 12.4 Å². The fourth-order valence-electron chi connectivity index (χ4n) is 3.34. The van der Waals surface area contributed by atoms with E-state index in [4.69, 9.17) is 5.11 Å². The Hall–Kier alpha value is -1.88. The number of hydrogen-bond donors (Lipinski definition) is 2. The maximum atomic E-state index is 10.7. The van der Waals surface area contributed by atoms with Gasteiger partial charge in [-0.3, -0.25) is 4.79 Å². The summed E-state index contributed by atoms with van der Waals surface area (Å²) >= 11 is 0. The fraction of sp³-hybridized carbons (Fsp3) is 0.435. The van der Waals surface area contributed by atoms with Gasteiger partial charge in [0.15, 0.2) is 0 Å². The van der Waals surface area contributed by atoms with Crippen molar-refractivity contribution in [2.24, 2.45) is 0 Å². The molecule has 4 nitrogen and oxygen atoms in total. The van der Waals surface area contributed by atoms with Gasteiger partial charge in [-0.05, 0) is 36.9 Å². The third-order valence-electron chi connectivity index (χ3n) is 5.02. The predicted octanol–water partition coefficient (Wildman–Crippen LogP) is 4.51. The number of carboxylic acids is 1. The van der Waals surface area contributed by atoms with Crippen molar-refractivity contribution in [3.8, 4) is 0 Å². The minimum absolute atomic E-state index is 0. The molecule has 1 aliphatic rings. The molecule has 1 saturated heterocycles. The molecular formula is C23H32ClNO3. The number of aliphatic carboxylic acids is 1. The van der Waals surface area contributed by atoms with E-state index in [1.54, 1.807) is 12.1 Å². The number of nitrogens with zero attached hydrogens (tertiary/aromatic N) is 1. The van der Waals surface area contributed by atoms with Crippen LogP contribution in [0, 0.1) is 0 Å². The topological polar surface area (TPSA) is 60.8 Å². The van der Waals surface area contributed by atoms with E-state index >= 15 is 0 Å². The normalized spacial score (nSPS) is 15.6. The quantitative estimate of drug-likeness (QED) is 0.742. The molecule has 2 aromatic carbocycles. The van der Waals surface area contributed by atoms with E-state index in [1.807, 2.05) is 48.5 Å². The number of unbranched alkanes of at least 4 members (excludes halogenated alkanes) is 1. The Balaban J connectivity index is 0.000000307. The first-order chi connectivity index (χ1) is 13.0. The highest BCUT2D eigenvalue weighted by Crippen LogP contribution is 2.32. The highest BCUT2D eigenvalue weighted by Gasteiger charge is 2.33. The van der Waals surface area contributed by atoms with Gasteiger partial charge in [0.25, 0.3) is 0 Å². The van der Waals surface area contributed by atoms with E-state index in [1.165, 1.54) is 19.4 Å². The molecule has 2 N–H and O–H groups in total. The van der Waals surface area contributed by atoms with Crippen LogP contribution in [-0.4, -0.2) is 40.7 Å². The van der Waals surface area contributed by atoms with Gasteiger partial charge in [-0.1, -0.05) is 74.0 Å². The van der Waals surface area contributed by atoms with Gasteiger partial charge < -0.3 is 15.1 Å². The summed E-state index contributed by atoms with van der Waals surface area (Å²) in [6, 6.07) is 19.2. The minimum atomic E-state index is -0.786. The van der Waals surface area contributed by atoms with E-state index in [2.05, 4.69) is 11.8 Å². The van der Waals surface area contributed by atoms with Crippen LogP contribution in [0.5, 0.6) is 0 Å². The molecule has 154 valence electrons. The lowest BCUT2D eigenvalue weighted by molar-refractivity contribution is -0.136. The molecule has 1 aliphatic heterocycles. The highest BCUT2D eigenvalue weighted by molar-refractivity contribution is 5.85. The molecule has 1 heterocycles. The van der Waals surface area contributed by atoms with Crippen LogP contribution in [0.2, 0.25) is 0 Å². The van der Waals surface area contributed by atoms with Crippen molar-refractivity contribution in [2.75, 3.05) is 19.6 Å². The van der Waals surface area contributed by atoms with Gasteiger partial charge in [0.2, 0.25) is 0 Å². The van der Waals surface area contributed by atoms with E-state index in [0.717, 1.165) is 37.1 Å². The molecule has 0 aliphatic carbocycles. The van der Waals surface area contributed by atoms with Crippen molar-refractivity contribution in [3.63, 3.8) is 0 Å². The molecular weight excluding hydrogens is 374 g/mol. The fourth-order valence-corrected chi connectivity index (χ4v) is 3.34. The molecule has 2 aromatic rings. The largest absolute Gasteiger partial charge is 0.481 e. The third kappa shape index (κ3) is 8.01. The molecule has 28 heavy (non-hydrogen) atoms. The van der Waals surface area contributed by atoms with E-state index in [0.29, 0.717) is 0 Å². The van der Waals surface area contributed by atoms with Gasteiger partial charge in [0.1, 0.15) is 0 Å². The van der Waals surface area contributed by atoms with Crippen LogP contribution in [0.3, 0.4) is 0 Å². The lowest BCUT2D eigenvalue weighted by Gasteiger charge is -2.38. The van der Waals surface area contributed by atoms with Gasteiger partial charge in [-0.15, -0.1) is 12.4 Å². The second-order valence-corrected chi connectivity index (χ2v) is 7.15. The first-order valence-electron chi connectivity index (χ1n) is 9.79. The first-order valence-corrected chi connectivity index (χ1v) is 9.79. The Morgan fingerprint density at radius 2 is 1.54 bits per heavy atom. The van der Waals surface area contributed by atoms with Gasteiger partial charge in [-0.2, -0.15) is 0 Å². The Labute approximate surface area is 174 Å². The first kappa shape index (κ1) is 24.2. The molecule has 0 aromatic heterocycles. The summed E-state index contributed by atoms with van der Waals surface area (Å²) in [5, 5.41) is 19.0. The van der Waals surface area contributed by atoms with Gasteiger partial charge in [0.05, 0.1) is 12.0 Å². The molecule has 0 radical (unpaired) electrons. The zero-order valence-corrected chi connectivity index (χ0v) is 17.4. The van der Waals surface area contributed by atoms with Gasteiger partial charge >= 0.3 is 5.97 Å². The summed E-state index contributed by atoms with van der Waals surface area (Å²) in [6.45, 7) is 5.45. The molecule has 1 fully saturated rings. The minimum Gasteiger partial charge on any atom is -0.481 e. The molecule has 0 unspecified atom stereocenters. The summed E-state index contributed by atoms with van der Waals surface area (Å²) in [5.74, 6) is -0.786. The van der Waals surface area contributed by atoms with Crippen molar-refractivity contribution < 1.29 is 15.0 Å². The number of aliphatic hydroxyl groups is 1. The standard InChI is InChI=1S/C15H23NO.C8H8O2.ClH/c1-2-3-11-16-12-9-15(17,10-13-16)14-7-5-4-6-8-14;9-8(10)6-7-4-2-1-3-5-7;/h4-8,17H,2-3,9-13H2,1H3;1-5H,6H2,(H,9,10);1H. The average molecular weight is 406 g/mol. The van der Waals surface area contributed by atoms with Crippen LogP contribution in [0.4, 0.5) is 0 Å². The number of carboxylic acid groups (broad SMARTS) is 1. The second kappa shape index (κ2) is 12.6. The zero-order valence-electron chi connectivity index (χ0n) is 16.6.